The van der Waals surface area contributed by atoms with Gasteiger partial charge in [0.15, 0.2) is 0 Å². The summed E-state index contributed by atoms with van der Waals surface area (Å²) in [6.45, 7) is 8.74. The largest absolute Gasteiger partial charge is 0.480 e. The molecule has 0 bridgehead atoms. The van der Waals surface area contributed by atoms with Gasteiger partial charge in [-0.3, -0.25) is 14.5 Å². The van der Waals surface area contributed by atoms with Crippen LogP contribution in [0.5, 0.6) is 0 Å². The van der Waals surface area contributed by atoms with Crippen LogP contribution in [0.1, 0.15) is 64.5 Å². The third kappa shape index (κ3) is 9.39. The Bertz CT molecular complexity index is 1160. The van der Waals surface area contributed by atoms with Crippen LogP contribution in [0, 0.1) is 5.92 Å². The molecule has 0 spiro atoms. The second-order valence-electron chi connectivity index (χ2n) is 11.8. The van der Waals surface area contributed by atoms with E-state index in [-0.39, 0.29) is 37.3 Å². The van der Waals surface area contributed by atoms with E-state index >= 15 is 0 Å². The Kier molecular flexibility index (Phi) is 10.3. The van der Waals surface area contributed by atoms with Gasteiger partial charge in [-0.25, -0.2) is 9.59 Å². The first-order valence-electron chi connectivity index (χ1n) is 13.7. The van der Waals surface area contributed by atoms with E-state index in [1.807, 2.05) is 74.5 Å². The number of rotatable bonds is 12. The van der Waals surface area contributed by atoms with E-state index in [0.29, 0.717) is 6.42 Å². The van der Waals surface area contributed by atoms with Gasteiger partial charge in [-0.05, 0) is 50.7 Å². The number of amides is 3. The van der Waals surface area contributed by atoms with Gasteiger partial charge in [0.1, 0.15) is 24.2 Å². The van der Waals surface area contributed by atoms with Crippen molar-refractivity contribution in [2.45, 2.75) is 83.5 Å². The molecule has 1 aliphatic carbocycles. The van der Waals surface area contributed by atoms with Crippen molar-refractivity contribution in [2.75, 3.05) is 6.54 Å². The molecule has 3 amide bonds. The molecule has 0 aliphatic heterocycles. The number of nitrogens with zero attached hydrogens (tertiary/aromatic N) is 1. The predicted octanol–water partition coefficient (Wildman–Crippen LogP) is 4.12. The zero-order valence-corrected chi connectivity index (χ0v) is 23.9. The van der Waals surface area contributed by atoms with Crippen LogP contribution in [0.25, 0.3) is 0 Å². The molecule has 3 rings (SSSR count). The van der Waals surface area contributed by atoms with Crippen molar-refractivity contribution in [1.82, 2.24) is 15.5 Å². The molecule has 4 atom stereocenters. The number of carbonyl (C=O) groups is 4. The summed E-state index contributed by atoms with van der Waals surface area (Å²) in [4.78, 5) is 53.0. The van der Waals surface area contributed by atoms with Gasteiger partial charge in [-0.2, -0.15) is 0 Å². The minimum atomic E-state index is -1.14. The molecule has 1 aliphatic rings. The third-order valence-electron chi connectivity index (χ3n) is 6.58. The molecule has 2 unspecified atom stereocenters. The lowest BCUT2D eigenvalue weighted by Crippen LogP contribution is -2.54. The summed E-state index contributed by atoms with van der Waals surface area (Å²) in [5.74, 6) is -2.14. The molecule has 2 aromatic rings. The lowest BCUT2D eigenvalue weighted by molar-refractivity contribution is -0.142. The molecule has 3 N–H and O–H groups in total. The zero-order chi connectivity index (χ0) is 29.4. The van der Waals surface area contributed by atoms with Crippen molar-refractivity contribution in [3.8, 4) is 0 Å². The average Bonchev–Trinajstić information content (AvgIpc) is 3.67. The van der Waals surface area contributed by atoms with Gasteiger partial charge in [-0.1, -0.05) is 74.5 Å². The molecule has 0 saturated heterocycles. The summed E-state index contributed by atoms with van der Waals surface area (Å²) < 4.78 is 5.61. The number of carboxylic acid groups (broad SMARTS) is 1. The molecule has 40 heavy (non-hydrogen) atoms. The normalized spacial score (nSPS) is 17.9. The molecule has 9 heteroatoms. The number of nitrogens with one attached hydrogen (secondary N) is 2. The summed E-state index contributed by atoms with van der Waals surface area (Å²) in [6, 6.07) is 16.6. The number of benzene rings is 2. The fourth-order valence-electron chi connectivity index (χ4n) is 4.64. The number of aliphatic carboxylic acids is 1. The van der Waals surface area contributed by atoms with Crippen LogP contribution in [-0.4, -0.2) is 64.2 Å². The monoisotopic (exact) mass is 551 g/mol. The van der Waals surface area contributed by atoms with E-state index in [1.54, 1.807) is 20.8 Å². The maximum atomic E-state index is 13.3. The molecule has 216 valence electrons. The summed E-state index contributed by atoms with van der Waals surface area (Å²) in [6.07, 6.45) is 0.509. The summed E-state index contributed by atoms with van der Waals surface area (Å²) in [5, 5.41) is 15.0. The number of carboxylic acids is 1. The summed E-state index contributed by atoms with van der Waals surface area (Å²) >= 11 is 0. The fraction of sp³-hybridized carbons (Fsp3) is 0.484. The second-order valence-corrected chi connectivity index (χ2v) is 11.8. The van der Waals surface area contributed by atoms with E-state index in [2.05, 4.69) is 10.6 Å². The average molecular weight is 552 g/mol. The molecular formula is C31H41N3O6. The maximum Gasteiger partial charge on any atom is 0.411 e. The van der Waals surface area contributed by atoms with Crippen LogP contribution < -0.4 is 10.6 Å². The highest BCUT2D eigenvalue weighted by Crippen LogP contribution is 2.45. The highest BCUT2D eigenvalue weighted by Gasteiger charge is 2.46. The van der Waals surface area contributed by atoms with Crippen LogP contribution >= 0.6 is 0 Å². The Hall–Kier alpha value is -3.88. The van der Waals surface area contributed by atoms with Crippen LogP contribution in [0.4, 0.5) is 4.79 Å². The number of carbonyl (C=O) groups excluding carboxylic acids is 3. The summed E-state index contributed by atoms with van der Waals surface area (Å²) in [7, 11) is 0. The van der Waals surface area contributed by atoms with Crippen LogP contribution in [-0.2, 0) is 25.5 Å². The Morgan fingerprint density at radius 2 is 1.55 bits per heavy atom. The molecule has 1 fully saturated rings. The van der Waals surface area contributed by atoms with E-state index < -0.39 is 41.6 Å². The van der Waals surface area contributed by atoms with Crippen molar-refractivity contribution in [1.29, 1.82) is 0 Å². The Balaban J connectivity index is 1.78. The van der Waals surface area contributed by atoms with Crippen LogP contribution in [0.15, 0.2) is 60.7 Å². The Morgan fingerprint density at radius 3 is 2.10 bits per heavy atom. The first-order chi connectivity index (χ1) is 18.8. The first-order valence-corrected chi connectivity index (χ1v) is 13.7. The number of ether oxygens (including phenoxy) is 1. The van der Waals surface area contributed by atoms with Gasteiger partial charge in [0.05, 0.1) is 0 Å². The number of hydrogen-bond donors (Lipinski definition) is 3. The van der Waals surface area contributed by atoms with Gasteiger partial charge in [-0.15, -0.1) is 0 Å². The lowest BCUT2D eigenvalue weighted by atomic mass is 10.0. The van der Waals surface area contributed by atoms with E-state index in [0.717, 1.165) is 11.1 Å². The van der Waals surface area contributed by atoms with E-state index in [4.69, 9.17) is 4.74 Å². The van der Waals surface area contributed by atoms with Crippen molar-refractivity contribution in [3.05, 3.63) is 71.8 Å². The minimum Gasteiger partial charge on any atom is -0.480 e. The Morgan fingerprint density at radius 1 is 0.950 bits per heavy atom. The first kappa shape index (κ1) is 30.7. The highest BCUT2D eigenvalue weighted by molar-refractivity contribution is 5.92. The molecular weight excluding hydrogens is 510 g/mol. The quantitative estimate of drug-likeness (QED) is 0.364. The second kappa shape index (κ2) is 13.5. The molecule has 9 nitrogen and oxygen atoms in total. The van der Waals surface area contributed by atoms with Crippen molar-refractivity contribution in [2.24, 2.45) is 5.92 Å². The molecule has 1 saturated carbocycles. The standard InChI is InChI=1S/C31H41N3O6/c1-20(2)16-25(29(37)38)33-28(36)24(17-21-12-8-6-9-13-21)32-27(35)19-34(30(39)40-31(3,4)5)26-18-23(26)22-14-10-7-11-15-22/h6-15,20,23-26H,16-19H2,1-5H3,(H,32,35)(H,33,36)(H,37,38)/t23?,24?,25-,26+/m1/s1. The predicted molar refractivity (Wildman–Crippen MR) is 152 cm³/mol. The van der Waals surface area contributed by atoms with E-state index in [9.17, 15) is 24.3 Å². The zero-order valence-electron chi connectivity index (χ0n) is 23.9. The van der Waals surface area contributed by atoms with E-state index in [1.165, 1.54) is 4.90 Å². The van der Waals surface area contributed by atoms with Gasteiger partial charge < -0.3 is 20.5 Å². The van der Waals surface area contributed by atoms with Crippen molar-refractivity contribution < 1.29 is 29.0 Å². The summed E-state index contributed by atoms with van der Waals surface area (Å²) in [5.41, 5.74) is 1.13. The van der Waals surface area contributed by atoms with Crippen molar-refractivity contribution >= 4 is 23.9 Å². The lowest BCUT2D eigenvalue weighted by Gasteiger charge is -2.28. The van der Waals surface area contributed by atoms with Gasteiger partial charge in [0.2, 0.25) is 11.8 Å². The van der Waals surface area contributed by atoms with Gasteiger partial charge in [0, 0.05) is 18.4 Å². The van der Waals surface area contributed by atoms with Crippen molar-refractivity contribution in [3.63, 3.8) is 0 Å². The maximum absolute atomic E-state index is 13.3. The molecule has 0 heterocycles. The SMILES string of the molecule is CC(C)C[C@@H](NC(=O)C(Cc1ccccc1)NC(=O)CN(C(=O)OC(C)(C)C)[C@H]1CC1c1ccccc1)C(=O)O. The molecule has 0 aromatic heterocycles. The fourth-order valence-corrected chi connectivity index (χ4v) is 4.64. The molecule has 2 aromatic carbocycles. The van der Waals surface area contributed by atoms with Crippen LogP contribution in [0.2, 0.25) is 0 Å². The van der Waals surface area contributed by atoms with Gasteiger partial charge in [0.25, 0.3) is 0 Å². The number of hydrogen-bond acceptors (Lipinski definition) is 5. The third-order valence-corrected chi connectivity index (χ3v) is 6.58. The molecule has 0 radical (unpaired) electrons. The Labute approximate surface area is 236 Å². The van der Waals surface area contributed by atoms with Gasteiger partial charge >= 0.3 is 12.1 Å². The topological polar surface area (TPSA) is 125 Å². The minimum absolute atomic E-state index is 0.0436. The van der Waals surface area contributed by atoms with Crippen LogP contribution in [0.3, 0.4) is 0 Å². The highest BCUT2D eigenvalue weighted by atomic mass is 16.6. The smallest absolute Gasteiger partial charge is 0.411 e.